The molecule has 2 N–H and O–H groups in total. The van der Waals surface area contributed by atoms with Crippen molar-refractivity contribution in [2.24, 2.45) is 0 Å². The van der Waals surface area contributed by atoms with Gasteiger partial charge >= 0.3 is 0 Å². The molecule has 1 aromatic carbocycles. The molecule has 0 aliphatic heterocycles. The summed E-state index contributed by atoms with van der Waals surface area (Å²) in [7, 11) is 6.22. The van der Waals surface area contributed by atoms with Crippen LogP contribution in [0.4, 0.5) is 5.69 Å². The first-order chi connectivity index (χ1) is 10.5. The molecule has 0 spiro atoms. The lowest BCUT2D eigenvalue weighted by atomic mass is 10.2. The van der Waals surface area contributed by atoms with E-state index in [9.17, 15) is 0 Å². The molecule has 0 aromatic heterocycles. The van der Waals surface area contributed by atoms with E-state index in [1.165, 1.54) is 7.11 Å². The zero-order valence-electron chi connectivity index (χ0n) is 13.2. The number of nitrogens with one attached hydrogen (secondary N) is 2. The highest BCUT2D eigenvalue weighted by Crippen LogP contribution is 2.35. The Balaban J connectivity index is 2.83. The average molecular weight is 349 g/mol. The number of hydrogen-bond donors (Lipinski definition) is 2. The SMILES string of the molecule is COc1cc(NC(=S)NC(C)C(OC)OC)c(OC)cc1Cl. The maximum absolute atomic E-state index is 6.07. The predicted octanol–water partition coefficient (Wildman–Crippen LogP) is 2.65. The van der Waals surface area contributed by atoms with Crippen molar-refractivity contribution >= 4 is 34.6 Å². The predicted molar refractivity (Wildman–Crippen MR) is 91.2 cm³/mol. The van der Waals surface area contributed by atoms with E-state index in [-0.39, 0.29) is 6.04 Å². The smallest absolute Gasteiger partial charge is 0.176 e. The Hall–Kier alpha value is -1.28. The van der Waals surface area contributed by atoms with Gasteiger partial charge in [0.25, 0.3) is 0 Å². The third kappa shape index (κ3) is 4.88. The first kappa shape index (κ1) is 18.8. The second kappa shape index (κ2) is 8.99. The molecule has 1 rings (SSSR count). The maximum Gasteiger partial charge on any atom is 0.176 e. The first-order valence-electron chi connectivity index (χ1n) is 6.51. The van der Waals surface area contributed by atoms with Crippen LogP contribution in [0.25, 0.3) is 0 Å². The summed E-state index contributed by atoms with van der Waals surface area (Å²) in [6.45, 7) is 1.89. The van der Waals surface area contributed by atoms with E-state index in [2.05, 4.69) is 10.6 Å². The van der Waals surface area contributed by atoms with Gasteiger partial charge in [-0.2, -0.15) is 0 Å². The molecule has 6 nitrogen and oxygen atoms in total. The van der Waals surface area contributed by atoms with Crippen LogP contribution in [0.5, 0.6) is 11.5 Å². The Kier molecular flexibility index (Phi) is 7.67. The van der Waals surface area contributed by atoms with Gasteiger partial charge in [-0.25, -0.2) is 0 Å². The monoisotopic (exact) mass is 348 g/mol. The van der Waals surface area contributed by atoms with Gasteiger partial charge in [-0.3, -0.25) is 0 Å². The van der Waals surface area contributed by atoms with Crippen molar-refractivity contribution in [3.8, 4) is 11.5 Å². The minimum atomic E-state index is -0.415. The van der Waals surface area contributed by atoms with Gasteiger partial charge in [0.05, 0.1) is 31.0 Å². The third-order valence-electron chi connectivity index (χ3n) is 2.95. The zero-order chi connectivity index (χ0) is 16.7. The van der Waals surface area contributed by atoms with Gasteiger partial charge in [-0.05, 0) is 19.1 Å². The molecule has 0 radical (unpaired) electrons. The molecule has 1 atom stereocenters. The molecule has 0 bridgehead atoms. The molecule has 0 saturated heterocycles. The van der Waals surface area contributed by atoms with Crippen molar-refractivity contribution in [3.63, 3.8) is 0 Å². The van der Waals surface area contributed by atoms with Crippen LogP contribution in [0.15, 0.2) is 12.1 Å². The Morgan fingerprint density at radius 3 is 2.18 bits per heavy atom. The fraction of sp³-hybridized carbons (Fsp3) is 0.500. The van der Waals surface area contributed by atoms with Crippen LogP contribution in [0, 0.1) is 0 Å². The summed E-state index contributed by atoms with van der Waals surface area (Å²) in [6.07, 6.45) is -0.415. The number of ether oxygens (including phenoxy) is 4. The van der Waals surface area contributed by atoms with Crippen molar-refractivity contribution in [2.75, 3.05) is 33.8 Å². The number of rotatable bonds is 7. The van der Waals surface area contributed by atoms with Crippen LogP contribution in [0.1, 0.15) is 6.92 Å². The summed E-state index contributed by atoms with van der Waals surface area (Å²) in [4.78, 5) is 0. The summed E-state index contributed by atoms with van der Waals surface area (Å²) in [5, 5.41) is 6.97. The number of methoxy groups -OCH3 is 4. The van der Waals surface area contributed by atoms with Gasteiger partial charge in [0.1, 0.15) is 11.5 Å². The Labute approximate surface area is 141 Å². The largest absolute Gasteiger partial charge is 0.495 e. The summed E-state index contributed by atoms with van der Waals surface area (Å²) < 4.78 is 20.8. The third-order valence-corrected chi connectivity index (χ3v) is 3.47. The average Bonchev–Trinajstić information content (AvgIpc) is 2.49. The minimum absolute atomic E-state index is 0.143. The maximum atomic E-state index is 6.07. The molecule has 124 valence electrons. The highest BCUT2D eigenvalue weighted by atomic mass is 35.5. The normalized spacial score (nSPS) is 12.0. The summed E-state index contributed by atoms with van der Waals surface area (Å²) in [6, 6.07) is 3.22. The first-order valence-corrected chi connectivity index (χ1v) is 7.30. The van der Waals surface area contributed by atoms with E-state index in [0.717, 1.165) is 0 Å². The van der Waals surface area contributed by atoms with Crippen LogP contribution in [0.3, 0.4) is 0 Å². The number of hydrogen-bond acceptors (Lipinski definition) is 5. The molecule has 0 amide bonds. The van der Waals surface area contributed by atoms with E-state index in [1.807, 2.05) is 6.92 Å². The van der Waals surface area contributed by atoms with Gasteiger partial charge in [-0.15, -0.1) is 0 Å². The molecule has 1 aromatic rings. The number of anilines is 1. The molecule has 0 heterocycles. The molecule has 22 heavy (non-hydrogen) atoms. The topological polar surface area (TPSA) is 61.0 Å². The van der Waals surface area contributed by atoms with Crippen molar-refractivity contribution in [3.05, 3.63) is 17.2 Å². The van der Waals surface area contributed by atoms with Crippen LogP contribution in [-0.4, -0.2) is 45.9 Å². The van der Waals surface area contributed by atoms with Crippen molar-refractivity contribution < 1.29 is 18.9 Å². The van der Waals surface area contributed by atoms with Gasteiger partial charge in [0.15, 0.2) is 11.4 Å². The summed E-state index contributed by atoms with van der Waals surface area (Å²) >= 11 is 11.4. The van der Waals surface area contributed by atoms with Crippen molar-refractivity contribution in [1.82, 2.24) is 5.32 Å². The van der Waals surface area contributed by atoms with E-state index in [0.29, 0.717) is 27.3 Å². The lowest BCUT2D eigenvalue weighted by Crippen LogP contribution is -2.44. The summed E-state index contributed by atoms with van der Waals surface area (Å²) in [5.74, 6) is 1.07. The molecule has 0 aliphatic rings. The fourth-order valence-corrected chi connectivity index (χ4v) is 2.42. The van der Waals surface area contributed by atoms with E-state index >= 15 is 0 Å². The quantitative estimate of drug-likeness (QED) is 0.580. The molecule has 8 heteroatoms. The standard InChI is InChI=1S/C14H21ClN2O4S/c1-8(13(20-4)21-5)16-14(22)17-10-7-11(18-2)9(15)6-12(10)19-3/h6-8,13H,1-5H3,(H2,16,17,22). The van der Waals surface area contributed by atoms with E-state index in [1.54, 1.807) is 33.5 Å². The number of thiocarbonyl (C=S) groups is 1. The van der Waals surface area contributed by atoms with Crippen LogP contribution in [-0.2, 0) is 9.47 Å². The van der Waals surface area contributed by atoms with Crippen LogP contribution >= 0.6 is 23.8 Å². The fourth-order valence-electron chi connectivity index (χ4n) is 1.90. The number of halogens is 1. The van der Waals surface area contributed by atoms with E-state index in [4.69, 9.17) is 42.8 Å². The second-order valence-electron chi connectivity index (χ2n) is 4.41. The highest BCUT2D eigenvalue weighted by molar-refractivity contribution is 7.80. The minimum Gasteiger partial charge on any atom is -0.495 e. The molecule has 0 aliphatic carbocycles. The van der Waals surface area contributed by atoms with Gasteiger partial charge in [0, 0.05) is 26.4 Å². The Morgan fingerprint density at radius 1 is 1.09 bits per heavy atom. The lowest BCUT2D eigenvalue weighted by Gasteiger charge is -2.24. The van der Waals surface area contributed by atoms with Gasteiger partial charge in [0.2, 0.25) is 0 Å². The van der Waals surface area contributed by atoms with Crippen LogP contribution in [0.2, 0.25) is 5.02 Å². The van der Waals surface area contributed by atoms with E-state index < -0.39 is 6.29 Å². The van der Waals surface area contributed by atoms with Crippen molar-refractivity contribution in [2.45, 2.75) is 19.3 Å². The van der Waals surface area contributed by atoms with Crippen LogP contribution < -0.4 is 20.1 Å². The van der Waals surface area contributed by atoms with Gasteiger partial charge in [-0.1, -0.05) is 11.6 Å². The Morgan fingerprint density at radius 2 is 1.68 bits per heavy atom. The lowest BCUT2D eigenvalue weighted by molar-refractivity contribution is -0.116. The second-order valence-corrected chi connectivity index (χ2v) is 5.23. The molecule has 0 fully saturated rings. The molecule has 1 unspecified atom stereocenters. The zero-order valence-corrected chi connectivity index (χ0v) is 14.8. The van der Waals surface area contributed by atoms with Gasteiger partial charge < -0.3 is 29.6 Å². The molecule has 0 saturated carbocycles. The van der Waals surface area contributed by atoms with Crippen molar-refractivity contribution in [1.29, 1.82) is 0 Å². The molecular weight excluding hydrogens is 328 g/mol. The molecular formula is C14H21ClN2O4S. The summed E-state index contributed by atoms with van der Waals surface area (Å²) in [5.41, 5.74) is 0.639. The number of benzene rings is 1. The Bertz CT molecular complexity index is 512. The highest BCUT2D eigenvalue weighted by Gasteiger charge is 2.17.